The molecule has 13 heteroatoms. The Hall–Kier alpha value is -4.00. The van der Waals surface area contributed by atoms with Crippen molar-refractivity contribution in [2.75, 3.05) is 26.7 Å². The van der Waals surface area contributed by atoms with Gasteiger partial charge in [0.1, 0.15) is 5.56 Å². The van der Waals surface area contributed by atoms with Crippen LogP contribution in [-0.4, -0.2) is 86.2 Å². The molecule has 1 aliphatic heterocycles. The number of halogens is 3. The Morgan fingerprint density at radius 1 is 1.14 bits per heavy atom. The maximum atomic E-state index is 13.3. The summed E-state index contributed by atoms with van der Waals surface area (Å²) in [5.74, 6) is -3.43. The predicted molar refractivity (Wildman–Crippen MR) is 118 cm³/mol. The zero-order valence-electron chi connectivity index (χ0n) is 18.6. The first-order valence-electron chi connectivity index (χ1n) is 10.4. The van der Waals surface area contributed by atoms with Gasteiger partial charge in [-0.05, 0) is 19.0 Å². The number of nitrogens with two attached hydrogens (primary N) is 1. The molecule has 35 heavy (non-hydrogen) atoms. The highest BCUT2D eigenvalue weighted by Crippen LogP contribution is 2.19. The molecule has 1 aliphatic rings. The van der Waals surface area contributed by atoms with Crippen molar-refractivity contribution in [1.29, 1.82) is 0 Å². The molecular formula is C22H23F3N6O4. The number of hydrogen-bond acceptors (Lipinski definition) is 6. The van der Waals surface area contributed by atoms with Crippen LogP contribution in [0.3, 0.4) is 0 Å². The number of alkyl halides is 3. The standard InChI is InChI=1S/C20H22N6O2.C2HF3O2/c1-24-7-8-25(16(13-24)9-14-5-3-2-4-6-14)20(28)17-11-23-26-12-15(18(21)27)10-22-19(17)26;3-2(4,5)1(6)7/h2-6,10-12,16H,7-9,13H2,1H3,(H2,21,27);(H,6,7). The summed E-state index contributed by atoms with van der Waals surface area (Å²) in [4.78, 5) is 42.0. The van der Waals surface area contributed by atoms with Gasteiger partial charge in [-0.2, -0.15) is 18.3 Å². The molecule has 3 aromatic rings. The van der Waals surface area contributed by atoms with Gasteiger partial charge in [0, 0.05) is 38.1 Å². The van der Waals surface area contributed by atoms with Crippen molar-refractivity contribution in [2.24, 2.45) is 5.73 Å². The molecule has 2 aromatic heterocycles. The number of primary amides is 1. The zero-order valence-corrected chi connectivity index (χ0v) is 18.6. The SMILES string of the molecule is CN1CCN(C(=O)c2cnn3cc(C(N)=O)cnc23)C(Cc2ccccc2)C1.O=C(O)C(F)(F)F. The summed E-state index contributed by atoms with van der Waals surface area (Å²) in [5.41, 5.74) is 7.59. The van der Waals surface area contributed by atoms with Crippen molar-refractivity contribution in [3.63, 3.8) is 0 Å². The molecule has 1 aromatic carbocycles. The van der Waals surface area contributed by atoms with Crippen molar-refractivity contribution < 1.29 is 32.7 Å². The number of fused-ring (bicyclic) bond motifs is 1. The Balaban J connectivity index is 0.000000429. The molecule has 1 atom stereocenters. The van der Waals surface area contributed by atoms with E-state index < -0.39 is 18.1 Å². The fraction of sp³-hybridized carbons (Fsp3) is 0.318. The van der Waals surface area contributed by atoms with Gasteiger partial charge in [-0.25, -0.2) is 14.3 Å². The second-order valence-corrected chi connectivity index (χ2v) is 7.94. The summed E-state index contributed by atoms with van der Waals surface area (Å²) in [6.45, 7) is 2.26. The number of hydrogen-bond donors (Lipinski definition) is 2. The molecule has 0 bridgehead atoms. The molecule has 186 valence electrons. The summed E-state index contributed by atoms with van der Waals surface area (Å²) in [5, 5.41) is 11.3. The highest BCUT2D eigenvalue weighted by atomic mass is 19.4. The van der Waals surface area contributed by atoms with Crippen molar-refractivity contribution in [3.05, 3.63) is 65.6 Å². The number of carbonyl (C=O) groups is 3. The second-order valence-electron chi connectivity index (χ2n) is 7.94. The number of aromatic nitrogens is 3. The van der Waals surface area contributed by atoms with E-state index in [0.29, 0.717) is 17.8 Å². The number of likely N-dealkylation sites (N-methyl/N-ethyl adjacent to an activating group) is 1. The number of piperazine rings is 1. The normalized spacial score (nSPS) is 16.5. The molecule has 10 nitrogen and oxygen atoms in total. The van der Waals surface area contributed by atoms with Gasteiger partial charge >= 0.3 is 12.1 Å². The van der Waals surface area contributed by atoms with Gasteiger partial charge in [0.15, 0.2) is 5.65 Å². The van der Waals surface area contributed by atoms with Crippen LogP contribution in [0.25, 0.3) is 5.65 Å². The zero-order chi connectivity index (χ0) is 25.8. The molecule has 1 fully saturated rings. The van der Waals surface area contributed by atoms with E-state index in [-0.39, 0.29) is 17.5 Å². The average molecular weight is 492 g/mol. The first-order chi connectivity index (χ1) is 16.5. The van der Waals surface area contributed by atoms with Gasteiger partial charge in [-0.1, -0.05) is 30.3 Å². The molecule has 2 amide bonds. The quantitative estimate of drug-likeness (QED) is 0.563. The molecule has 3 N–H and O–H groups in total. The van der Waals surface area contributed by atoms with Crippen LogP contribution >= 0.6 is 0 Å². The van der Waals surface area contributed by atoms with E-state index in [0.717, 1.165) is 19.5 Å². The average Bonchev–Trinajstić information content (AvgIpc) is 3.22. The van der Waals surface area contributed by atoms with Crippen molar-refractivity contribution >= 4 is 23.4 Å². The highest BCUT2D eigenvalue weighted by molar-refractivity contribution is 6.00. The summed E-state index contributed by atoms with van der Waals surface area (Å²) in [6.07, 6.45) is 0.0805. The Bertz CT molecular complexity index is 1210. The number of amides is 2. The molecule has 1 saturated heterocycles. The molecule has 0 radical (unpaired) electrons. The summed E-state index contributed by atoms with van der Waals surface area (Å²) < 4.78 is 33.2. The van der Waals surface area contributed by atoms with Crippen LogP contribution in [0.1, 0.15) is 26.3 Å². The first-order valence-corrected chi connectivity index (χ1v) is 10.4. The fourth-order valence-corrected chi connectivity index (χ4v) is 3.65. The van der Waals surface area contributed by atoms with Gasteiger partial charge < -0.3 is 20.6 Å². The Labute approximate surface area is 197 Å². The highest BCUT2D eigenvalue weighted by Gasteiger charge is 2.38. The smallest absolute Gasteiger partial charge is 0.475 e. The third kappa shape index (κ3) is 6.32. The van der Waals surface area contributed by atoms with Gasteiger partial charge in [0.05, 0.1) is 11.8 Å². The maximum Gasteiger partial charge on any atom is 0.490 e. The Morgan fingerprint density at radius 3 is 2.40 bits per heavy atom. The lowest BCUT2D eigenvalue weighted by atomic mass is 10.0. The third-order valence-electron chi connectivity index (χ3n) is 5.37. The predicted octanol–water partition coefficient (Wildman–Crippen LogP) is 1.46. The number of carboxylic acid groups (broad SMARTS) is 1. The Morgan fingerprint density at radius 2 is 1.80 bits per heavy atom. The molecule has 0 aliphatic carbocycles. The van der Waals surface area contributed by atoms with E-state index >= 15 is 0 Å². The lowest BCUT2D eigenvalue weighted by Gasteiger charge is -2.40. The van der Waals surface area contributed by atoms with E-state index in [9.17, 15) is 22.8 Å². The van der Waals surface area contributed by atoms with Gasteiger partial charge in [-0.15, -0.1) is 0 Å². The minimum atomic E-state index is -5.08. The fourth-order valence-electron chi connectivity index (χ4n) is 3.65. The number of benzene rings is 1. The van der Waals surface area contributed by atoms with E-state index in [1.165, 1.54) is 28.7 Å². The first kappa shape index (κ1) is 25.6. The van der Waals surface area contributed by atoms with Crippen LogP contribution in [0, 0.1) is 0 Å². The summed E-state index contributed by atoms with van der Waals surface area (Å²) in [6, 6.07) is 10.2. The van der Waals surface area contributed by atoms with E-state index in [1.807, 2.05) is 23.1 Å². The third-order valence-corrected chi connectivity index (χ3v) is 5.37. The van der Waals surface area contributed by atoms with Crippen LogP contribution < -0.4 is 5.73 Å². The molecule has 4 rings (SSSR count). The van der Waals surface area contributed by atoms with Crippen LogP contribution in [-0.2, 0) is 11.2 Å². The van der Waals surface area contributed by atoms with E-state index in [2.05, 4.69) is 34.2 Å². The van der Waals surface area contributed by atoms with E-state index in [1.54, 1.807) is 0 Å². The summed E-state index contributed by atoms with van der Waals surface area (Å²) in [7, 11) is 2.07. The monoisotopic (exact) mass is 492 g/mol. The van der Waals surface area contributed by atoms with Gasteiger partial charge in [0.25, 0.3) is 11.8 Å². The van der Waals surface area contributed by atoms with Gasteiger partial charge in [0.2, 0.25) is 0 Å². The number of carboxylic acids is 1. The van der Waals surface area contributed by atoms with Crippen LogP contribution in [0.5, 0.6) is 0 Å². The Kier molecular flexibility index (Phi) is 7.69. The maximum absolute atomic E-state index is 13.3. The number of rotatable bonds is 4. The molecule has 3 heterocycles. The van der Waals surface area contributed by atoms with Crippen LogP contribution in [0.2, 0.25) is 0 Å². The van der Waals surface area contributed by atoms with Crippen LogP contribution in [0.15, 0.2) is 48.9 Å². The summed E-state index contributed by atoms with van der Waals surface area (Å²) >= 11 is 0. The topological polar surface area (TPSA) is 134 Å². The van der Waals surface area contributed by atoms with E-state index in [4.69, 9.17) is 15.6 Å². The van der Waals surface area contributed by atoms with Gasteiger partial charge in [-0.3, -0.25) is 9.59 Å². The number of carbonyl (C=O) groups excluding carboxylic acids is 2. The minimum absolute atomic E-state index is 0.0634. The van der Waals surface area contributed by atoms with Crippen molar-refractivity contribution in [2.45, 2.75) is 18.6 Å². The molecule has 0 saturated carbocycles. The largest absolute Gasteiger partial charge is 0.490 e. The number of aliphatic carboxylic acids is 1. The lowest BCUT2D eigenvalue weighted by molar-refractivity contribution is -0.192. The number of nitrogens with zero attached hydrogens (tertiary/aromatic N) is 5. The second kappa shape index (κ2) is 10.5. The minimum Gasteiger partial charge on any atom is -0.475 e. The molecular weight excluding hydrogens is 469 g/mol. The van der Waals surface area contributed by atoms with Crippen LogP contribution in [0.4, 0.5) is 13.2 Å². The lowest BCUT2D eigenvalue weighted by Crippen LogP contribution is -2.54. The van der Waals surface area contributed by atoms with Crippen molar-refractivity contribution in [1.82, 2.24) is 24.4 Å². The van der Waals surface area contributed by atoms with Crippen molar-refractivity contribution in [3.8, 4) is 0 Å². The molecule has 1 unspecified atom stereocenters. The molecule has 0 spiro atoms.